The zero-order valence-corrected chi connectivity index (χ0v) is 21.7. The van der Waals surface area contributed by atoms with Gasteiger partial charge < -0.3 is 10.1 Å². The Kier molecular flexibility index (Phi) is 11.0. The molecule has 0 fully saturated rings. The first-order chi connectivity index (χ1) is 17.6. The van der Waals surface area contributed by atoms with Gasteiger partial charge in [-0.1, -0.05) is 118 Å². The first-order valence-corrected chi connectivity index (χ1v) is 13.3. The lowest BCUT2D eigenvalue weighted by Gasteiger charge is -2.42. The summed E-state index contributed by atoms with van der Waals surface area (Å²) in [5.41, 5.74) is 1.62. The van der Waals surface area contributed by atoms with Crippen molar-refractivity contribution in [3.8, 4) is 0 Å². The van der Waals surface area contributed by atoms with Crippen LogP contribution in [0.5, 0.6) is 0 Å². The third-order valence-electron chi connectivity index (χ3n) is 6.84. The third-order valence-corrected chi connectivity index (χ3v) is 6.84. The van der Waals surface area contributed by atoms with E-state index in [0.29, 0.717) is 6.42 Å². The third kappa shape index (κ3) is 7.19. The molecule has 2 atom stereocenters. The molecule has 0 aromatic heterocycles. The Morgan fingerprint density at radius 2 is 1.33 bits per heavy atom. The average molecular weight is 490 g/mol. The van der Waals surface area contributed by atoms with Gasteiger partial charge in [-0.25, -0.2) is 9.18 Å². The summed E-state index contributed by atoms with van der Waals surface area (Å²) in [5.74, 6) is -0.385. The Labute approximate surface area is 216 Å². The molecule has 0 radical (unpaired) electrons. The smallest absolute Gasteiger partial charge is 0.329 e. The van der Waals surface area contributed by atoms with Crippen LogP contribution >= 0.6 is 0 Å². The van der Waals surface area contributed by atoms with Crippen LogP contribution in [0.4, 0.5) is 10.1 Å². The maximum absolute atomic E-state index is 15.9. The summed E-state index contributed by atoms with van der Waals surface area (Å²) in [6.07, 6.45) is 4.94. The van der Waals surface area contributed by atoms with E-state index in [4.69, 9.17) is 4.74 Å². The van der Waals surface area contributed by atoms with Crippen LogP contribution in [0.3, 0.4) is 0 Å². The number of hydrogen-bond donors (Lipinski definition) is 1. The van der Waals surface area contributed by atoms with Crippen LogP contribution in [0, 0.1) is 0 Å². The lowest BCUT2D eigenvalue weighted by molar-refractivity contribution is -0.145. The summed E-state index contributed by atoms with van der Waals surface area (Å²) in [6.45, 7) is 4.24. The first kappa shape index (κ1) is 27.4. The number of carbonyl (C=O) groups is 1. The zero-order valence-electron chi connectivity index (χ0n) is 21.7. The fraction of sp³-hybridized carbons (Fsp3) is 0.406. The molecular formula is C32H40FNO2. The molecule has 36 heavy (non-hydrogen) atoms. The second-order valence-electron chi connectivity index (χ2n) is 9.40. The Balaban J connectivity index is 2.10. The second kappa shape index (κ2) is 14.4. The van der Waals surface area contributed by atoms with Crippen molar-refractivity contribution >= 4 is 11.7 Å². The van der Waals surface area contributed by atoms with Crippen molar-refractivity contribution < 1.29 is 13.9 Å². The summed E-state index contributed by atoms with van der Waals surface area (Å²) in [5, 5.41) is 3.45. The molecule has 2 unspecified atom stereocenters. The molecule has 0 aliphatic rings. The normalized spacial score (nSPS) is 13.1. The van der Waals surface area contributed by atoms with E-state index in [9.17, 15) is 4.79 Å². The van der Waals surface area contributed by atoms with Gasteiger partial charge in [0, 0.05) is 5.69 Å². The van der Waals surface area contributed by atoms with Gasteiger partial charge in [0.05, 0.1) is 12.0 Å². The van der Waals surface area contributed by atoms with Crippen LogP contribution in [0.1, 0.15) is 69.9 Å². The molecule has 0 spiro atoms. The molecule has 0 saturated carbocycles. The van der Waals surface area contributed by atoms with Gasteiger partial charge in [0.2, 0.25) is 0 Å². The standard InChI is InChI=1S/C32H40FNO2/c1-3-5-6-7-15-22-28(33)25-32(26-18-11-8-12-19-26,27-20-13-9-14-21-27)30(31(35)36-4-2)34-29-23-16-10-17-24-29/h8-14,16-21,23-24,28,30,34H,3-7,15,22,25H2,1-2H3. The highest BCUT2D eigenvalue weighted by Gasteiger charge is 2.48. The van der Waals surface area contributed by atoms with E-state index in [2.05, 4.69) is 12.2 Å². The Morgan fingerprint density at radius 1 is 0.806 bits per heavy atom. The molecule has 3 aromatic carbocycles. The fourth-order valence-corrected chi connectivity index (χ4v) is 5.06. The average Bonchev–Trinajstić information content (AvgIpc) is 2.92. The minimum Gasteiger partial charge on any atom is -0.464 e. The Morgan fingerprint density at radius 3 is 1.86 bits per heavy atom. The fourth-order valence-electron chi connectivity index (χ4n) is 5.06. The SMILES string of the molecule is CCCCCCCC(F)CC(c1ccccc1)(c1ccccc1)C(Nc1ccccc1)C(=O)OCC. The van der Waals surface area contributed by atoms with Crippen LogP contribution in [-0.4, -0.2) is 24.8 Å². The van der Waals surface area contributed by atoms with E-state index >= 15 is 4.39 Å². The van der Waals surface area contributed by atoms with Crippen molar-refractivity contribution in [2.24, 2.45) is 0 Å². The number of rotatable bonds is 15. The number of ether oxygens (including phenoxy) is 1. The lowest BCUT2D eigenvalue weighted by Crippen LogP contribution is -2.52. The molecule has 1 N–H and O–H groups in total. The number of hydrogen-bond acceptors (Lipinski definition) is 3. The van der Waals surface area contributed by atoms with Gasteiger partial charge in [-0.3, -0.25) is 0 Å². The maximum Gasteiger partial charge on any atom is 0.329 e. The number of para-hydroxylation sites is 1. The number of benzene rings is 3. The number of alkyl halides is 1. The van der Waals surface area contributed by atoms with E-state index in [1.807, 2.05) is 91.0 Å². The maximum atomic E-state index is 15.9. The van der Waals surface area contributed by atoms with Crippen LogP contribution in [0.2, 0.25) is 0 Å². The number of carbonyl (C=O) groups excluding carboxylic acids is 1. The van der Waals surface area contributed by atoms with Crippen molar-refractivity contribution in [2.45, 2.75) is 76.4 Å². The van der Waals surface area contributed by atoms with E-state index in [0.717, 1.165) is 42.5 Å². The van der Waals surface area contributed by atoms with Crippen LogP contribution in [0.25, 0.3) is 0 Å². The van der Waals surface area contributed by atoms with Gasteiger partial charge >= 0.3 is 5.97 Å². The van der Waals surface area contributed by atoms with Crippen molar-refractivity contribution in [2.75, 3.05) is 11.9 Å². The zero-order chi connectivity index (χ0) is 25.6. The van der Waals surface area contributed by atoms with Crippen molar-refractivity contribution in [1.29, 1.82) is 0 Å². The molecule has 0 heterocycles. The lowest BCUT2D eigenvalue weighted by atomic mass is 9.65. The van der Waals surface area contributed by atoms with Gasteiger partial charge in [-0.05, 0) is 43.0 Å². The molecule has 0 aliphatic carbocycles. The predicted octanol–water partition coefficient (Wildman–Crippen LogP) is 8.11. The molecule has 3 nitrogen and oxygen atoms in total. The Hall–Kier alpha value is -3.14. The predicted molar refractivity (Wildman–Crippen MR) is 147 cm³/mol. The monoisotopic (exact) mass is 489 g/mol. The largest absolute Gasteiger partial charge is 0.464 e. The molecule has 192 valence electrons. The van der Waals surface area contributed by atoms with E-state index in [1.165, 1.54) is 6.42 Å². The summed E-state index contributed by atoms with van der Waals surface area (Å²) in [6, 6.07) is 28.5. The molecule has 3 aromatic rings. The highest BCUT2D eigenvalue weighted by molar-refractivity contribution is 5.83. The molecule has 0 bridgehead atoms. The van der Waals surface area contributed by atoms with Crippen LogP contribution in [-0.2, 0) is 14.9 Å². The number of esters is 1. The second-order valence-corrected chi connectivity index (χ2v) is 9.40. The highest BCUT2D eigenvalue weighted by Crippen LogP contribution is 2.43. The molecule has 0 amide bonds. The summed E-state index contributed by atoms with van der Waals surface area (Å²) in [7, 11) is 0. The topological polar surface area (TPSA) is 38.3 Å². The highest BCUT2D eigenvalue weighted by atomic mass is 19.1. The number of halogens is 1. The molecule has 0 aliphatic heterocycles. The van der Waals surface area contributed by atoms with Crippen molar-refractivity contribution in [3.05, 3.63) is 102 Å². The quantitative estimate of drug-likeness (QED) is 0.173. The van der Waals surface area contributed by atoms with Gasteiger partial charge in [-0.2, -0.15) is 0 Å². The van der Waals surface area contributed by atoms with E-state index in [-0.39, 0.29) is 19.0 Å². The number of unbranched alkanes of at least 4 members (excludes halogenated alkanes) is 4. The van der Waals surface area contributed by atoms with Gasteiger partial charge in [0.25, 0.3) is 0 Å². The molecular weight excluding hydrogens is 449 g/mol. The van der Waals surface area contributed by atoms with Crippen molar-refractivity contribution in [3.63, 3.8) is 0 Å². The van der Waals surface area contributed by atoms with Crippen LogP contribution < -0.4 is 5.32 Å². The Bertz CT molecular complexity index is 971. The summed E-state index contributed by atoms with van der Waals surface area (Å²) >= 11 is 0. The molecule has 4 heteroatoms. The van der Waals surface area contributed by atoms with Crippen molar-refractivity contribution in [1.82, 2.24) is 0 Å². The number of anilines is 1. The van der Waals surface area contributed by atoms with E-state index in [1.54, 1.807) is 6.92 Å². The summed E-state index contributed by atoms with van der Waals surface area (Å²) in [4.78, 5) is 13.6. The van der Waals surface area contributed by atoms with Gasteiger partial charge in [0.15, 0.2) is 0 Å². The van der Waals surface area contributed by atoms with Crippen LogP contribution in [0.15, 0.2) is 91.0 Å². The minimum absolute atomic E-state index is 0.179. The van der Waals surface area contributed by atoms with Gasteiger partial charge in [-0.15, -0.1) is 0 Å². The summed E-state index contributed by atoms with van der Waals surface area (Å²) < 4.78 is 21.6. The number of nitrogens with one attached hydrogen (secondary N) is 1. The van der Waals surface area contributed by atoms with E-state index < -0.39 is 17.6 Å². The molecule has 0 saturated heterocycles. The molecule has 3 rings (SSSR count). The minimum atomic E-state index is -1.07. The van der Waals surface area contributed by atoms with Gasteiger partial charge in [0.1, 0.15) is 12.2 Å². The first-order valence-electron chi connectivity index (χ1n) is 13.3.